The van der Waals surface area contributed by atoms with E-state index in [0.717, 1.165) is 4.90 Å². The summed E-state index contributed by atoms with van der Waals surface area (Å²) in [5.74, 6) is -2.17. The molecule has 86 valence electrons. The minimum absolute atomic E-state index is 0.0291. The van der Waals surface area contributed by atoms with Crippen molar-refractivity contribution in [3.05, 3.63) is 39.5 Å². The van der Waals surface area contributed by atoms with Crippen LogP contribution < -0.4 is 10.0 Å². The van der Waals surface area contributed by atoms with E-state index in [2.05, 4.69) is 0 Å². The Labute approximate surface area is 110 Å². The number of carbonyl (C=O) groups is 3. The lowest BCUT2D eigenvalue weighted by Crippen LogP contribution is -2.30. The van der Waals surface area contributed by atoms with Crippen molar-refractivity contribution in [2.45, 2.75) is 0 Å². The molecule has 1 aliphatic rings. The van der Waals surface area contributed by atoms with E-state index in [4.69, 9.17) is 0 Å². The summed E-state index contributed by atoms with van der Waals surface area (Å²) in [5.41, 5.74) is 0.376. The van der Waals surface area contributed by atoms with Crippen molar-refractivity contribution in [1.29, 1.82) is 0 Å². The molecule has 0 fully saturated rings. The first-order valence-corrected chi connectivity index (χ1v) is 5.65. The van der Waals surface area contributed by atoms with Crippen molar-refractivity contribution >= 4 is 46.1 Å². The van der Waals surface area contributed by atoms with Crippen LogP contribution in [0.5, 0.6) is 0 Å². The van der Waals surface area contributed by atoms with E-state index in [1.54, 1.807) is 0 Å². The molecule has 0 unspecified atom stereocenters. The van der Waals surface area contributed by atoms with Crippen molar-refractivity contribution in [3.63, 3.8) is 0 Å². The molecule has 5 nitrogen and oxygen atoms in total. The van der Waals surface area contributed by atoms with Gasteiger partial charge in [0.2, 0.25) is 0 Å². The molecule has 0 aromatic heterocycles. The van der Waals surface area contributed by atoms with Gasteiger partial charge in [-0.05, 0) is 34.7 Å². The Morgan fingerprint density at radius 2 is 1.76 bits per heavy atom. The summed E-state index contributed by atoms with van der Waals surface area (Å²) in [6.07, 6.45) is 2.34. The molecule has 0 aliphatic carbocycles. The molecule has 1 aromatic rings. The largest absolute Gasteiger partial charge is 0.545 e. The second kappa shape index (κ2) is 4.28. The van der Waals surface area contributed by atoms with Crippen LogP contribution >= 0.6 is 22.6 Å². The van der Waals surface area contributed by atoms with E-state index in [1.165, 1.54) is 30.4 Å². The highest BCUT2D eigenvalue weighted by Crippen LogP contribution is 2.23. The first kappa shape index (κ1) is 11.8. The average molecular weight is 342 g/mol. The van der Waals surface area contributed by atoms with Crippen LogP contribution in [0.2, 0.25) is 0 Å². The summed E-state index contributed by atoms with van der Waals surface area (Å²) in [5, 5.41) is 10.7. The zero-order chi connectivity index (χ0) is 12.6. The number of imide groups is 1. The molecule has 0 saturated heterocycles. The summed E-state index contributed by atoms with van der Waals surface area (Å²) in [4.78, 5) is 34.5. The molecule has 0 radical (unpaired) electrons. The molecule has 6 heteroatoms. The van der Waals surface area contributed by atoms with Gasteiger partial charge in [0, 0.05) is 21.3 Å². The van der Waals surface area contributed by atoms with Gasteiger partial charge in [0.15, 0.2) is 0 Å². The third-order valence-corrected chi connectivity index (χ3v) is 3.13. The van der Waals surface area contributed by atoms with Crippen molar-refractivity contribution < 1.29 is 19.5 Å². The van der Waals surface area contributed by atoms with Gasteiger partial charge in [-0.25, -0.2) is 4.90 Å². The standard InChI is InChI=1S/C11H6INO4/c12-8-5-6(1-2-7(8)11(16)17)13-9(14)3-4-10(13)15/h1-5H,(H,16,17)/p-1. The Hall–Kier alpha value is -1.70. The van der Waals surface area contributed by atoms with Crippen LogP contribution in [0, 0.1) is 3.57 Å². The van der Waals surface area contributed by atoms with E-state index in [9.17, 15) is 19.5 Å². The molecule has 1 aromatic carbocycles. The number of amides is 2. The summed E-state index contributed by atoms with van der Waals surface area (Å²) >= 11 is 1.81. The van der Waals surface area contributed by atoms with Crippen LogP contribution in [0.15, 0.2) is 30.4 Å². The van der Waals surface area contributed by atoms with Gasteiger partial charge in [-0.15, -0.1) is 0 Å². The number of rotatable bonds is 2. The van der Waals surface area contributed by atoms with Gasteiger partial charge in [-0.3, -0.25) is 9.59 Å². The first-order valence-electron chi connectivity index (χ1n) is 4.58. The van der Waals surface area contributed by atoms with Crippen molar-refractivity contribution in [1.82, 2.24) is 0 Å². The summed E-state index contributed by atoms with van der Waals surface area (Å²) in [6, 6.07) is 4.16. The fourth-order valence-electron chi connectivity index (χ4n) is 1.46. The smallest absolute Gasteiger partial charge is 0.258 e. The van der Waals surface area contributed by atoms with Gasteiger partial charge in [0.25, 0.3) is 11.8 Å². The number of nitrogens with zero attached hydrogens (tertiary/aromatic N) is 1. The van der Waals surface area contributed by atoms with Crippen LogP contribution in [0.1, 0.15) is 10.4 Å². The summed E-state index contributed by atoms with van der Waals surface area (Å²) in [6.45, 7) is 0. The number of aromatic carboxylic acids is 1. The number of hydrogen-bond acceptors (Lipinski definition) is 4. The monoisotopic (exact) mass is 342 g/mol. The topological polar surface area (TPSA) is 77.5 Å². The molecule has 0 saturated carbocycles. The molecule has 0 N–H and O–H groups in total. The fraction of sp³-hybridized carbons (Fsp3) is 0. The lowest BCUT2D eigenvalue weighted by Gasteiger charge is -2.15. The second-order valence-electron chi connectivity index (χ2n) is 3.30. The third kappa shape index (κ3) is 2.07. The van der Waals surface area contributed by atoms with Gasteiger partial charge in [0.1, 0.15) is 0 Å². The highest BCUT2D eigenvalue weighted by atomic mass is 127. The number of halogens is 1. The van der Waals surface area contributed by atoms with Gasteiger partial charge in [-0.2, -0.15) is 0 Å². The molecule has 2 rings (SSSR count). The average Bonchev–Trinajstić information content (AvgIpc) is 2.58. The van der Waals surface area contributed by atoms with Crippen LogP contribution in [-0.2, 0) is 9.59 Å². The number of hydrogen-bond donors (Lipinski definition) is 0. The van der Waals surface area contributed by atoms with Gasteiger partial charge < -0.3 is 9.90 Å². The van der Waals surface area contributed by atoms with E-state index in [0.29, 0.717) is 9.26 Å². The first-order chi connectivity index (χ1) is 8.00. The van der Waals surface area contributed by atoms with Crippen LogP contribution in [-0.4, -0.2) is 17.8 Å². The lowest BCUT2D eigenvalue weighted by molar-refractivity contribution is -0.255. The zero-order valence-electron chi connectivity index (χ0n) is 8.34. The number of carboxylic acids is 1. The minimum atomic E-state index is -1.29. The van der Waals surface area contributed by atoms with E-state index >= 15 is 0 Å². The Bertz CT molecular complexity index is 547. The molecule has 0 atom stereocenters. The second-order valence-corrected chi connectivity index (χ2v) is 4.46. The predicted molar refractivity (Wildman–Crippen MR) is 65.1 cm³/mol. The Kier molecular flexibility index (Phi) is 2.97. The number of carboxylic acid groups (broad SMARTS) is 1. The normalized spacial score (nSPS) is 14.5. The van der Waals surface area contributed by atoms with Crippen LogP contribution in [0.4, 0.5) is 5.69 Å². The SMILES string of the molecule is O=C([O-])c1ccc(N2C(=O)C=CC2=O)cc1I. The van der Waals surface area contributed by atoms with Gasteiger partial charge >= 0.3 is 0 Å². The van der Waals surface area contributed by atoms with E-state index in [1.807, 2.05) is 22.6 Å². The maximum atomic E-state index is 11.4. The Morgan fingerprint density at radius 3 is 2.24 bits per heavy atom. The van der Waals surface area contributed by atoms with Gasteiger partial charge in [0.05, 0.1) is 11.7 Å². The van der Waals surface area contributed by atoms with E-state index in [-0.39, 0.29) is 5.56 Å². The zero-order valence-corrected chi connectivity index (χ0v) is 10.5. The molecular formula is C11H5INO4-. The molecular weight excluding hydrogens is 337 g/mol. The maximum absolute atomic E-state index is 11.4. The number of anilines is 1. The summed E-state index contributed by atoms with van der Waals surface area (Å²) in [7, 11) is 0. The Balaban J connectivity index is 2.42. The van der Waals surface area contributed by atoms with Crippen molar-refractivity contribution in [2.24, 2.45) is 0 Å². The lowest BCUT2D eigenvalue weighted by atomic mass is 10.2. The Morgan fingerprint density at radius 1 is 1.18 bits per heavy atom. The van der Waals surface area contributed by atoms with Crippen molar-refractivity contribution in [3.8, 4) is 0 Å². The quantitative estimate of drug-likeness (QED) is 0.564. The third-order valence-electron chi connectivity index (χ3n) is 2.24. The molecule has 17 heavy (non-hydrogen) atoms. The molecule has 0 spiro atoms. The molecule has 0 bridgehead atoms. The molecule has 2 amide bonds. The maximum Gasteiger partial charge on any atom is 0.258 e. The van der Waals surface area contributed by atoms with Gasteiger partial charge in [-0.1, -0.05) is 6.07 Å². The fourth-order valence-corrected chi connectivity index (χ4v) is 2.18. The molecule has 1 heterocycles. The number of carbonyl (C=O) groups excluding carboxylic acids is 3. The predicted octanol–water partition coefficient (Wildman–Crippen LogP) is 0.0841. The minimum Gasteiger partial charge on any atom is -0.545 e. The van der Waals surface area contributed by atoms with Crippen molar-refractivity contribution in [2.75, 3.05) is 4.90 Å². The highest BCUT2D eigenvalue weighted by Gasteiger charge is 2.25. The highest BCUT2D eigenvalue weighted by molar-refractivity contribution is 14.1. The van der Waals surface area contributed by atoms with E-state index < -0.39 is 17.8 Å². The summed E-state index contributed by atoms with van der Waals surface area (Å²) < 4.78 is 0.410. The number of benzene rings is 1. The molecule has 1 aliphatic heterocycles. The van der Waals surface area contributed by atoms with Crippen LogP contribution in [0.3, 0.4) is 0 Å². The van der Waals surface area contributed by atoms with Crippen LogP contribution in [0.25, 0.3) is 0 Å².